The molecule has 0 radical (unpaired) electrons. The molecule has 0 aliphatic carbocycles. The Balaban J connectivity index is 1.93. The number of hydrogen-bond donors (Lipinski definition) is 2. The maximum atomic E-state index is 11.8. The second-order valence-corrected chi connectivity index (χ2v) is 4.78. The molecule has 7 heteroatoms. The highest BCUT2D eigenvalue weighted by molar-refractivity contribution is 9.10. The van der Waals surface area contributed by atoms with E-state index in [4.69, 9.17) is 0 Å². The summed E-state index contributed by atoms with van der Waals surface area (Å²) in [6, 6.07) is 7.38. The third-order valence-electron chi connectivity index (χ3n) is 2.38. The molecule has 0 saturated heterocycles. The quantitative estimate of drug-likeness (QED) is 0.893. The summed E-state index contributed by atoms with van der Waals surface area (Å²) in [5.74, 6) is 0.392. The molecule has 94 valence electrons. The van der Waals surface area contributed by atoms with E-state index in [9.17, 15) is 4.79 Å². The topological polar surface area (TPSA) is 83.6 Å². The van der Waals surface area contributed by atoms with Crippen LogP contribution >= 0.6 is 15.9 Å². The molecule has 0 spiro atoms. The van der Waals surface area contributed by atoms with E-state index in [2.05, 4.69) is 41.9 Å². The highest BCUT2D eigenvalue weighted by Gasteiger charge is 2.13. The summed E-state index contributed by atoms with van der Waals surface area (Å²) in [6.45, 7) is 1.81. The average molecular weight is 310 g/mol. The number of nitrogens with zero attached hydrogens (tertiary/aromatic N) is 3. The van der Waals surface area contributed by atoms with E-state index in [1.165, 1.54) is 0 Å². The van der Waals surface area contributed by atoms with Gasteiger partial charge in [0.05, 0.1) is 12.5 Å². The summed E-state index contributed by atoms with van der Waals surface area (Å²) in [5, 5.41) is 16.3. The standard InChI is InChI=1S/C11H12BrN5O/c1-7(11-14-16-17-15-11)13-10(18)6-8-3-2-4-9(12)5-8/h2-5,7H,6H2,1H3,(H,13,18)(H,14,15,16,17). The summed E-state index contributed by atoms with van der Waals surface area (Å²) in [7, 11) is 0. The van der Waals surface area contributed by atoms with Gasteiger partial charge in [-0.15, -0.1) is 10.2 Å². The molecule has 18 heavy (non-hydrogen) atoms. The Morgan fingerprint density at radius 2 is 2.39 bits per heavy atom. The zero-order chi connectivity index (χ0) is 13.0. The number of aromatic nitrogens is 4. The number of rotatable bonds is 4. The Morgan fingerprint density at radius 1 is 1.56 bits per heavy atom. The lowest BCUT2D eigenvalue weighted by Gasteiger charge is -2.09. The molecule has 0 bridgehead atoms. The minimum Gasteiger partial charge on any atom is -0.346 e. The van der Waals surface area contributed by atoms with Gasteiger partial charge in [-0.25, -0.2) is 0 Å². The first kappa shape index (κ1) is 12.7. The predicted octanol–water partition coefficient (Wildman–Crippen LogP) is 1.38. The van der Waals surface area contributed by atoms with Gasteiger partial charge in [-0.05, 0) is 24.6 Å². The minimum atomic E-state index is -0.261. The summed E-state index contributed by atoms with van der Waals surface area (Å²) >= 11 is 3.37. The first-order chi connectivity index (χ1) is 8.65. The second-order valence-electron chi connectivity index (χ2n) is 3.87. The van der Waals surface area contributed by atoms with Crippen LogP contribution in [0.25, 0.3) is 0 Å². The number of amides is 1. The molecule has 0 fully saturated rings. The van der Waals surface area contributed by atoms with Crippen molar-refractivity contribution in [2.24, 2.45) is 0 Å². The molecular weight excluding hydrogens is 298 g/mol. The number of benzene rings is 1. The summed E-state index contributed by atoms with van der Waals surface area (Å²) < 4.78 is 0.957. The van der Waals surface area contributed by atoms with Gasteiger partial charge in [0.25, 0.3) is 0 Å². The fourth-order valence-corrected chi connectivity index (χ4v) is 1.99. The number of hydrogen-bond acceptors (Lipinski definition) is 4. The van der Waals surface area contributed by atoms with Crippen molar-refractivity contribution in [3.8, 4) is 0 Å². The number of aromatic amines is 1. The third-order valence-corrected chi connectivity index (χ3v) is 2.87. The molecule has 1 atom stereocenters. The van der Waals surface area contributed by atoms with Gasteiger partial charge in [0.15, 0.2) is 5.82 Å². The maximum absolute atomic E-state index is 11.8. The number of carbonyl (C=O) groups excluding carboxylic acids is 1. The molecule has 6 nitrogen and oxygen atoms in total. The van der Waals surface area contributed by atoms with E-state index in [1.54, 1.807) is 0 Å². The number of tetrazole rings is 1. The van der Waals surface area contributed by atoms with Crippen LogP contribution in [-0.2, 0) is 11.2 Å². The summed E-state index contributed by atoms with van der Waals surface area (Å²) in [5.41, 5.74) is 0.946. The normalized spacial score (nSPS) is 12.1. The van der Waals surface area contributed by atoms with Crippen LogP contribution in [0.15, 0.2) is 28.7 Å². The fraction of sp³-hybridized carbons (Fsp3) is 0.273. The van der Waals surface area contributed by atoms with Crippen LogP contribution in [-0.4, -0.2) is 26.5 Å². The molecule has 1 amide bonds. The SMILES string of the molecule is CC(NC(=O)Cc1cccc(Br)c1)c1nn[nH]n1. The van der Waals surface area contributed by atoms with Crippen LogP contribution in [0.5, 0.6) is 0 Å². The molecule has 2 aromatic rings. The van der Waals surface area contributed by atoms with Crippen LogP contribution in [0.3, 0.4) is 0 Å². The highest BCUT2D eigenvalue weighted by Crippen LogP contribution is 2.12. The second kappa shape index (κ2) is 5.72. The van der Waals surface area contributed by atoms with E-state index in [0.717, 1.165) is 10.0 Å². The van der Waals surface area contributed by atoms with Crippen LogP contribution < -0.4 is 5.32 Å². The Hall–Kier alpha value is -1.76. The first-order valence-corrected chi connectivity index (χ1v) is 6.21. The molecule has 0 saturated carbocycles. The predicted molar refractivity (Wildman–Crippen MR) is 68.6 cm³/mol. The molecule has 1 aromatic heterocycles. The average Bonchev–Trinajstić information content (AvgIpc) is 2.81. The van der Waals surface area contributed by atoms with Crippen LogP contribution in [0, 0.1) is 0 Å². The molecule has 0 aliphatic rings. The monoisotopic (exact) mass is 309 g/mol. The van der Waals surface area contributed by atoms with Crippen molar-refractivity contribution in [3.63, 3.8) is 0 Å². The highest BCUT2D eigenvalue weighted by atomic mass is 79.9. The van der Waals surface area contributed by atoms with Gasteiger partial charge in [-0.1, -0.05) is 33.3 Å². The lowest BCUT2D eigenvalue weighted by molar-refractivity contribution is -0.121. The molecule has 0 aliphatic heterocycles. The zero-order valence-corrected chi connectivity index (χ0v) is 11.3. The Bertz CT molecular complexity index is 528. The molecule has 2 rings (SSSR count). The number of H-pyrrole nitrogens is 1. The van der Waals surface area contributed by atoms with Crippen molar-refractivity contribution in [3.05, 3.63) is 40.1 Å². The smallest absolute Gasteiger partial charge is 0.225 e. The molecule has 2 N–H and O–H groups in total. The first-order valence-electron chi connectivity index (χ1n) is 5.42. The molecule has 1 aromatic carbocycles. The van der Waals surface area contributed by atoms with E-state index < -0.39 is 0 Å². The Morgan fingerprint density at radius 3 is 3.06 bits per heavy atom. The number of halogens is 1. The van der Waals surface area contributed by atoms with Gasteiger partial charge in [0.1, 0.15) is 0 Å². The van der Waals surface area contributed by atoms with Crippen molar-refractivity contribution in [1.29, 1.82) is 0 Å². The van der Waals surface area contributed by atoms with Gasteiger partial charge in [0.2, 0.25) is 5.91 Å². The minimum absolute atomic E-state index is 0.0783. The fourth-order valence-electron chi connectivity index (χ4n) is 1.54. The van der Waals surface area contributed by atoms with Crippen molar-refractivity contribution in [2.45, 2.75) is 19.4 Å². The molecular formula is C11H12BrN5O. The van der Waals surface area contributed by atoms with E-state index in [0.29, 0.717) is 12.2 Å². The van der Waals surface area contributed by atoms with Gasteiger partial charge in [-0.3, -0.25) is 4.79 Å². The summed E-state index contributed by atoms with van der Waals surface area (Å²) in [4.78, 5) is 11.8. The van der Waals surface area contributed by atoms with Crippen LogP contribution in [0.2, 0.25) is 0 Å². The van der Waals surface area contributed by atoms with Gasteiger partial charge in [-0.2, -0.15) is 5.21 Å². The van der Waals surface area contributed by atoms with E-state index in [-0.39, 0.29) is 11.9 Å². The van der Waals surface area contributed by atoms with Gasteiger partial charge < -0.3 is 5.32 Å². The van der Waals surface area contributed by atoms with Crippen molar-refractivity contribution in [1.82, 2.24) is 25.9 Å². The Labute approximate surface area is 112 Å². The zero-order valence-electron chi connectivity index (χ0n) is 9.72. The number of nitrogens with one attached hydrogen (secondary N) is 2. The summed E-state index contributed by atoms with van der Waals surface area (Å²) in [6.07, 6.45) is 0.321. The maximum Gasteiger partial charge on any atom is 0.225 e. The van der Waals surface area contributed by atoms with Crippen LogP contribution in [0.1, 0.15) is 24.4 Å². The van der Waals surface area contributed by atoms with Crippen molar-refractivity contribution in [2.75, 3.05) is 0 Å². The lowest BCUT2D eigenvalue weighted by Crippen LogP contribution is -2.28. The van der Waals surface area contributed by atoms with Crippen molar-refractivity contribution >= 4 is 21.8 Å². The number of carbonyl (C=O) groups is 1. The Kier molecular flexibility index (Phi) is 4.03. The van der Waals surface area contributed by atoms with Gasteiger partial charge >= 0.3 is 0 Å². The van der Waals surface area contributed by atoms with Gasteiger partial charge in [0, 0.05) is 4.47 Å². The van der Waals surface area contributed by atoms with Crippen LogP contribution in [0.4, 0.5) is 0 Å². The molecule has 1 unspecified atom stereocenters. The lowest BCUT2D eigenvalue weighted by atomic mass is 10.1. The largest absolute Gasteiger partial charge is 0.346 e. The molecule has 1 heterocycles. The van der Waals surface area contributed by atoms with E-state index in [1.807, 2.05) is 31.2 Å². The third kappa shape index (κ3) is 3.36. The van der Waals surface area contributed by atoms with Crippen molar-refractivity contribution < 1.29 is 4.79 Å². The van der Waals surface area contributed by atoms with E-state index >= 15 is 0 Å².